The van der Waals surface area contributed by atoms with Gasteiger partial charge in [-0.15, -0.1) is 0 Å². The third kappa shape index (κ3) is 4.62. The van der Waals surface area contributed by atoms with Crippen molar-refractivity contribution in [3.05, 3.63) is 12.7 Å². The van der Waals surface area contributed by atoms with E-state index in [1.54, 1.807) is 12.7 Å². The molecular formula is C9H18N4. The average molecular weight is 182 g/mol. The summed E-state index contributed by atoms with van der Waals surface area (Å²) in [5, 5.41) is 7.45. The molecule has 0 saturated carbocycles. The third-order valence-electron chi connectivity index (χ3n) is 1.69. The van der Waals surface area contributed by atoms with Crippen molar-refractivity contribution in [2.45, 2.75) is 39.3 Å². The minimum atomic E-state index is 0.211. The summed E-state index contributed by atoms with van der Waals surface area (Å²) >= 11 is 0. The highest BCUT2D eigenvalue weighted by Crippen LogP contribution is 1.98. The summed E-state index contributed by atoms with van der Waals surface area (Å²) in [4.78, 5) is 3.88. The Labute approximate surface area is 79.4 Å². The predicted octanol–water partition coefficient (Wildman–Crippen LogP) is 1.06. The second-order valence-corrected chi connectivity index (χ2v) is 4.19. The van der Waals surface area contributed by atoms with Crippen LogP contribution in [-0.2, 0) is 6.54 Å². The zero-order chi connectivity index (χ0) is 9.73. The van der Waals surface area contributed by atoms with Gasteiger partial charge in [0.15, 0.2) is 0 Å². The summed E-state index contributed by atoms with van der Waals surface area (Å²) in [6, 6.07) is 0. The van der Waals surface area contributed by atoms with E-state index in [0.717, 1.165) is 19.5 Å². The molecule has 1 heterocycles. The van der Waals surface area contributed by atoms with Crippen LogP contribution in [0.3, 0.4) is 0 Å². The molecule has 4 heteroatoms. The Bertz CT molecular complexity index is 222. The zero-order valence-corrected chi connectivity index (χ0v) is 8.62. The molecule has 0 unspecified atom stereocenters. The zero-order valence-electron chi connectivity index (χ0n) is 8.62. The van der Waals surface area contributed by atoms with Crippen LogP contribution in [0.5, 0.6) is 0 Å². The van der Waals surface area contributed by atoms with E-state index in [9.17, 15) is 0 Å². The van der Waals surface area contributed by atoms with Gasteiger partial charge in [0, 0.05) is 12.1 Å². The molecule has 0 fully saturated rings. The number of nitrogens with zero attached hydrogens (tertiary/aromatic N) is 3. The van der Waals surface area contributed by atoms with Crippen molar-refractivity contribution in [3.8, 4) is 0 Å². The largest absolute Gasteiger partial charge is 0.312 e. The summed E-state index contributed by atoms with van der Waals surface area (Å²) in [7, 11) is 0. The molecule has 0 aliphatic rings. The summed E-state index contributed by atoms with van der Waals surface area (Å²) in [6.45, 7) is 8.46. The molecule has 0 spiro atoms. The molecule has 0 amide bonds. The first-order valence-electron chi connectivity index (χ1n) is 4.65. The highest BCUT2D eigenvalue weighted by Gasteiger charge is 2.06. The van der Waals surface area contributed by atoms with Crippen LogP contribution in [0, 0.1) is 0 Å². The molecule has 0 bridgehead atoms. The van der Waals surface area contributed by atoms with E-state index in [1.807, 2.05) is 4.68 Å². The van der Waals surface area contributed by atoms with Crippen molar-refractivity contribution in [2.24, 2.45) is 0 Å². The molecule has 0 aromatic carbocycles. The lowest BCUT2D eigenvalue weighted by atomic mass is 10.1. The molecular weight excluding hydrogens is 164 g/mol. The summed E-state index contributed by atoms with van der Waals surface area (Å²) < 4.78 is 1.85. The van der Waals surface area contributed by atoms with E-state index in [1.165, 1.54) is 0 Å². The number of aromatic nitrogens is 3. The van der Waals surface area contributed by atoms with Crippen molar-refractivity contribution in [2.75, 3.05) is 6.54 Å². The Morgan fingerprint density at radius 2 is 2.15 bits per heavy atom. The normalized spacial score (nSPS) is 11.9. The first-order chi connectivity index (χ1) is 6.08. The fourth-order valence-electron chi connectivity index (χ4n) is 1.05. The molecule has 1 aromatic rings. The fourth-order valence-corrected chi connectivity index (χ4v) is 1.05. The van der Waals surface area contributed by atoms with Crippen LogP contribution in [-0.4, -0.2) is 26.8 Å². The second-order valence-electron chi connectivity index (χ2n) is 4.19. The van der Waals surface area contributed by atoms with Crippen LogP contribution in [0.1, 0.15) is 27.2 Å². The molecule has 1 rings (SSSR count). The van der Waals surface area contributed by atoms with Gasteiger partial charge >= 0.3 is 0 Å². The Morgan fingerprint density at radius 3 is 2.69 bits per heavy atom. The maximum atomic E-state index is 4.03. The van der Waals surface area contributed by atoms with Crippen molar-refractivity contribution >= 4 is 0 Å². The van der Waals surface area contributed by atoms with Gasteiger partial charge < -0.3 is 5.32 Å². The smallest absolute Gasteiger partial charge is 0.137 e. The lowest BCUT2D eigenvalue weighted by Gasteiger charge is -2.20. The van der Waals surface area contributed by atoms with Crippen LogP contribution in [0.2, 0.25) is 0 Å². The molecule has 4 nitrogen and oxygen atoms in total. The van der Waals surface area contributed by atoms with E-state index in [4.69, 9.17) is 0 Å². The van der Waals surface area contributed by atoms with Gasteiger partial charge in [0.1, 0.15) is 12.7 Å². The van der Waals surface area contributed by atoms with Crippen LogP contribution in [0.25, 0.3) is 0 Å². The van der Waals surface area contributed by atoms with E-state index in [2.05, 4.69) is 36.2 Å². The van der Waals surface area contributed by atoms with E-state index in [-0.39, 0.29) is 5.54 Å². The molecule has 0 aliphatic heterocycles. The quantitative estimate of drug-likeness (QED) is 0.708. The SMILES string of the molecule is CC(C)(C)NCCCn1cncn1. The standard InChI is InChI=1S/C9H18N4/c1-9(2,3)11-5-4-6-13-8-10-7-12-13/h7-8,11H,4-6H2,1-3H3. The number of rotatable bonds is 4. The third-order valence-corrected chi connectivity index (χ3v) is 1.69. The molecule has 1 N–H and O–H groups in total. The highest BCUT2D eigenvalue weighted by molar-refractivity contribution is 4.69. The highest BCUT2D eigenvalue weighted by atomic mass is 15.3. The van der Waals surface area contributed by atoms with Gasteiger partial charge in [-0.3, -0.25) is 4.68 Å². The van der Waals surface area contributed by atoms with Crippen LogP contribution in [0.15, 0.2) is 12.7 Å². The maximum absolute atomic E-state index is 4.03. The van der Waals surface area contributed by atoms with Crippen LogP contribution in [0.4, 0.5) is 0 Å². The molecule has 1 aromatic heterocycles. The first-order valence-corrected chi connectivity index (χ1v) is 4.65. The number of hydrogen-bond acceptors (Lipinski definition) is 3. The predicted molar refractivity (Wildman–Crippen MR) is 52.4 cm³/mol. The van der Waals surface area contributed by atoms with Crippen molar-refractivity contribution in [3.63, 3.8) is 0 Å². The van der Waals surface area contributed by atoms with Gasteiger partial charge in [0.25, 0.3) is 0 Å². The molecule has 13 heavy (non-hydrogen) atoms. The Balaban J connectivity index is 2.09. The van der Waals surface area contributed by atoms with E-state index < -0.39 is 0 Å². The molecule has 0 saturated heterocycles. The lowest BCUT2D eigenvalue weighted by molar-refractivity contribution is 0.409. The van der Waals surface area contributed by atoms with Gasteiger partial charge in [-0.1, -0.05) is 0 Å². The fraction of sp³-hybridized carbons (Fsp3) is 0.778. The summed E-state index contributed by atoms with van der Waals surface area (Å²) in [5.41, 5.74) is 0.211. The summed E-state index contributed by atoms with van der Waals surface area (Å²) in [6.07, 6.45) is 4.40. The number of aryl methyl sites for hydroxylation is 1. The Kier molecular flexibility index (Phi) is 3.42. The lowest BCUT2D eigenvalue weighted by Crippen LogP contribution is -2.36. The molecule has 0 radical (unpaired) electrons. The Hall–Kier alpha value is -0.900. The van der Waals surface area contributed by atoms with Crippen LogP contribution < -0.4 is 5.32 Å². The second kappa shape index (κ2) is 4.37. The maximum Gasteiger partial charge on any atom is 0.137 e. The van der Waals surface area contributed by atoms with E-state index in [0.29, 0.717) is 0 Å². The van der Waals surface area contributed by atoms with Crippen molar-refractivity contribution in [1.82, 2.24) is 20.1 Å². The first kappa shape index (κ1) is 10.2. The van der Waals surface area contributed by atoms with Crippen molar-refractivity contribution < 1.29 is 0 Å². The minimum Gasteiger partial charge on any atom is -0.312 e. The monoisotopic (exact) mass is 182 g/mol. The van der Waals surface area contributed by atoms with E-state index >= 15 is 0 Å². The van der Waals surface area contributed by atoms with Crippen LogP contribution >= 0.6 is 0 Å². The Morgan fingerprint density at radius 1 is 1.38 bits per heavy atom. The molecule has 0 aliphatic carbocycles. The topological polar surface area (TPSA) is 42.7 Å². The molecule has 0 atom stereocenters. The average Bonchev–Trinajstić information content (AvgIpc) is 2.48. The number of hydrogen-bond donors (Lipinski definition) is 1. The number of nitrogens with one attached hydrogen (secondary N) is 1. The molecule has 74 valence electrons. The van der Waals surface area contributed by atoms with Gasteiger partial charge in [-0.2, -0.15) is 5.10 Å². The van der Waals surface area contributed by atoms with Gasteiger partial charge in [-0.05, 0) is 33.7 Å². The minimum absolute atomic E-state index is 0.211. The van der Waals surface area contributed by atoms with Gasteiger partial charge in [0.2, 0.25) is 0 Å². The summed E-state index contributed by atoms with van der Waals surface area (Å²) in [5.74, 6) is 0. The van der Waals surface area contributed by atoms with Gasteiger partial charge in [-0.25, -0.2) is 4.98 Å². The van der Waals surface area contributed by atoms with Crippen molar-refractivity contribution in [1.29, 1.82) is 0 Å². The van der Waals surface area contributed by atoms with Gasteiger partial charge in [0.05, 0.1) is 0 Å².